The first kappa shape index (κ1) is 10.7. The van der Waals surface area contributed by atoms with Crippen molar-refractivity contribution in [1.82, 2.24) is 4.98 Å². The van der Waals surface area contributed by atoms with E-state index in [1.165, 1.54) is 17.4 Å². The number of halogens is 2. The summed E-state index contributed by atoms with van der Waals surface area (Å²) in [5.74, 6) is -0.329. The molecule has 1 N–H and O–H groups in total. The minimum Gasteiger partial charge on any atom is -0.391 e. The van der Waals surface area contributed by atoms with E-state index in [1.807, 2.05) is 0 Å². The van der Waals surface area contributed by atoms with Crippen LogP contribution >= 0.6 is 27.3 Å². The Bertz CT molecular complexity index is 486. The molecule has 0 aliphatic heterocycles. The first-order valence-electron chi connectivity index (χ1n) is 4.23. The van der Waals surface area contributed by atoms with E-state index in [0.29, 0.717) is 20.1 Å². The van der Waals surface area contributed by atoms with Gasteiger partial charge in [0.2, 0.25) is 0 Å². The van der Waals surface area contributed by atoms with Gasteiger partial charge in [-0.2, -0.15) is 0 Å². The molecule has 0 saturated carbocycles. The monoisotopic (exact) mass is 287 g/mol. The van der Waals surface area contributed by atoms with Crippen molar-refractivity contribution in [1.29, 1.82) is 0 Å². The zero-order chi connectivity index (χ0) is 10.8. The first-order valence-corrected chi connectivity index (χ1v) is 5.84. The van der Waals surface area contributed by atoms with E-state index in [-0.39, 0.29) is 12.4 Å². The summed E-state index contributed by atoms with van der Waals surface area (Å²) in [4.78, 5) is 4.81. The van der Waals surface area contributed by atoms with Crippen LogP contribution in [-0.2, 0) is 6.61 Å². The molecule has 0 fully saturated rings. The van der Waals surface area contributed by atoms with Crippen molar-refractivity contribution in [2.45, 2.75) is 6.61 Å². The van der Waals surface area contributed by atoms with E-state index in [2.05, 4.69) is 20.9 Å². The molecule has 0 bridgehead atoms. The summed E-state index contributed by atoms with van der Waals surface area (Å²) in [7, 11) is 0. The molecule has 0 unspecified atom stereocenters. The number of hydrogen-bond acceptors (Lipinski definition) is 3. The Labute approximate surface area is 98.5 Å². The summed E-state index contributed by atoms with van der Waals surface area (Å²) in [5, 5.41) is 9.11. The summed E-state index contributed by atoms with van der Waals surface area (Å²) >= 11 is 4.53. The molecule has 0 aliphatic rings. The third-order valence-electron chi connectivity index (χ3n) is 1.94. The Morgan fingerprint density at radius 2 is 2.13 bits per heavy atom. The van der Waals surface area contributed by atoms with Gasteiger partial charge >= 0.3 is 0 Å². The van der Waals surface area contributed by atoms with Crippen LogP contribution in [0.2, 0.25) is 0 Å². The average Bonchev–Trinajstić information content (AvgIpc) is 2.60. The maximum atomic E-state index is 13.5. The number of aliphatic hydroxyl groups excluding tert-OH is 1. The number of hydrogen-bond donors (Lipinski definition) is 1. The third-order valence-corrected chi connectivity index (χ3v) is 3.44. The molecular formula is C10H7BrFNOS. The predicted octanol–water partition coefficient (Wildman–Crippen LogP) is 3.20. The Morgan fingerprint density at radius 1 is 1.40 bits per heavy atom. The van der Waals surface area contributed by atoms with Crippen LogP contribution in [-0.4, -0.2) is 10.1 Å². The van der Waals surface area contributed by atoms with Crippen molar-refractivity contribution in [2.75, 3.05) is 0 Å². The minimum absolute atomic E-state index is 0.132. The molecule has 0 saturated heterocycles. The lowest BCUT2D eigenvalue weighted by Gasteiger charge is -2.00. The second kappa shape index (κ2) is 4.38. The van der Waals surface area contributed by atoms with E-state index in [1.54, 1.807) is 18.2 Å². The molecule has 2 rings (SSSR count). The Balaban J connectivity index is 2.58. The number of rotatable bonds is 2. The quantitative estimate of drug-likeness (QED) is 0.920. The van der Waals surface area contributed by atoms with Gasteiger partial charge in [0, 0.05) is 5.56 Å². The predicted molar refractivity (Wildman–Crippen MR) is 61.1 cm³/mol. The van der Waals surface area contributed by atoms with Crippen molar-refractivity contribution >= 4 is 27.3 Å². The van der Waals surface area contributed by atoms with Crippen LogP contribution in [0, 0.1) is 5.82 Å². The molecule has 5 heteroatoms. The van der Waals surface area contributed by atoms with E-state index in [9.17, 15) is 4.39 Å². The molecule has 2 nitrogen and oxygen atoms in total. The van der Waals surface area contributed by atoms with Crippen LogP contribution in [0.4, 0.5) is 4.39 Å². The van der Waals surface area contributed by atoms with Crippen molar-refractivity contribution in [3.63, 3.8) is 0 Å². The van der Waals surface area contributed by atoms with Gasteiger partial charge in [-0.1, -0.05) is 12.1 Å². The van der Waals surface area contributed by atoms with E-state index in [0.717, 1.165) is 0 Å². The second-order valence-corrected chi connectivity index (χ2v) is 5.24. The molecule has 1 aromatic heterocycles. The van der Waals surface area contributed by atoms with Gasteiger partial charge in [0.15, 0.2) is 3.92 Å². The van der Waals surface area contributed by atoms with Crippen LogP contribution in [0.15, 0.2) is 28.2 Å². The smallest absolute Gasteiger partial charge is 0.160 e. The highest BCUT2D eigenvalue weighted by atomic mass is 79.9. The lowest BCUT2D eigenvalue weighted by molar-refractivity contribution is 0.286. The molecule has 1 heterocycles. The van der Waals surface area contributed by atoms with Gasteiger partial charge in [-0.15, -0.1) is 11.3 Å². The molecule has 2 aromatic rings. The number of nitrogens with zero attached hydrogens (tertiary/aromatic N) is 1. The summed E-state index contributed by atoms with van der Waals surface area (Å²) in [6.07, 6.45) is 0. The topological polar surface area (TPSA) is 33.1 Å². The maximum absolute atomic E-state index is 13.5. The molecule has 0 atom stereocenters. The highest BCUT2D eigenvalue weighted by molar-refractivity contribution is 9.11. The van der Waals surface area contributed by atoms with Crippen LogP contribution in [0.5, 0.6) is 0 Å². The summed E-state index contributed by atoms with van der Waals surface area (Å²) in [6, 6.07) is 6.39. The van der Waals surface area contributed by atoms with E-state index in [4.69, 9.17) is 5.11 Å². The van der Waals surface area contributed by atoms with Crippen molar-refractivity contribution in [3.8, 4) is 11.3 Å². The fourth-order valence-electron chi connectivity index (χ4n) is 1.29. The zero-order valence-corrected chi connectivity index (χ0v) is 9.98. The fourth-order valence-corrected chi connectivity index (χ4v) is 2.71. The van der Waals surface area contributed by atoms with Crippen LogP contribution in [0.1, 0.15) is 4.88 Å². The zero-order valence-electron chi connectivity index (χ0n) is 7.58. The molecule has 78 valence electrons. The largest absolute Gasteiger partial charge is 0.391 e. The Kier molecular flexibility index (Phi) is 3.14. The van der Waals surface area contributed by atoms with Gasteiger partial charge in [-0.25, -0.2) is 9.37 Å². The first-order chi connectivity index (χ1) is 7.22. The number of thiazole rings is 1. The highest BCUT2D eigenvalue weighted by Gasteiger charge is 2.13. The van der Waals surface area contributed by atoms with E-state index >= 15 is 0 Å². The third kappa shape index (κ3) is 2.09. The Hall–Kier alpha value is -0.780. The SMILES string of the molecule is OCc1sc(Br)nc1-c1ccccc1F. The number of benzene rings is 1. The lowest BCUT2D eigenvalue weighted by Crippen LogP contribution is -1.88. The summed E-state index contributed by atoms with van der Waals surface area (Å²) in [6.45, 7) is -0.132. The van der Waals surface area contributed by atoms with Crippen molar-refractivity contribution < 1.29 is 9.50 Å². The van der Waals surface area contributed by atoms with Gasteiger partial charge in [0.25, 0.3) is 0 Å². The van der Waals surface area contributed by atoms with Crippen molar-refractivity contribution in [2.24, 2.45) is 0 Å². The number of aliphatic hydroxyl groups is 1. The number of aromatic nitrogens is 1. The van der Waals surface area contributed by atoms with Gasteiger partial charge < -0.3 is 5.11 Å². The highest BCUT2D eigenvalue weighted by Crippen LogP contribution is 2.32. The van der Waals surface area contributed by atoms with Gasteiger partial charge in [-0.3, -0.25) is 0 Å². The standard InChI is InChI=1S/C10H7BrFNOS/c11-10-13-9(8(5-14)15-10)6-3-1-2-4-7(6)12/h1-4,14H,5H2. The minimum atomic E-state index is -0.329. The molecular weight excluding hydrogens is 281 g/mol. The van der Waals surface area contributed by atoms with Crippen LogP contribution < -0.4 is 0 Å². The van der Waals surface area contributed by atoms with Gasteiger partial charge in [-0.05, 0) is 28.1 Å². The molecule has 1 aromatic carbocycles. The summed E-state index contributed by atoms with van der Waals surface area (Å²) in [5.41, 5.74) is 0.927. The van der Waals surface area contributed by atoms with Crippen LogP contribution in [0.3, 0.4) is 0 Å². The summed E-state index contributed by atoms with van der Waals surface area (Å²) < 4.78 is 14.1. The maximum Gasteiger partial charge on any atom is 0.160 e. The van der Waals surface area contributed by atoms with Gasteiger partial charge in [0.05, 0.1) is 17.2 Å². The lowest BCUT2D eigenvalue weighted by atomic mass is 10.1. The molecule has 0 amide bonds. The molecule has 0 radical (unpaired) electrons. The fraction of sp³-hybridized carbons (Fsp3) is 0.100. The Morgan fingerprint density at radius 3 is 2.80 bits per heavy atom. The molecule has 15 heavy (non-hydrogen) atoms. The second-order valence-electron chi connectivity index (χ2n) is 2.88. The average molecular weight is 288 g/mol. The molecule has 0 aliphatic carbocycles. The normalized spacial score (nSPS) is 10.6. The van der Waals surface area contributed by atoms with Crippen LogP contribution in [0.25, 0.3) is 11.3 Å². The molecule has 0 spiro atoms. The van der Waals surface area contributed by atoms with Gasteiger partial charge in [0.1, 0.15) is 5.82 Å². The van der Waals surface area contributed by atoms with Crippen molar-refractivity contribution in [3.05, 3.63) is 38.9 Å². The van der Waals surface area contributed by atoms with E-state index < -0.39 is 0 Å².